The van der Waals surface area contributed by atoms with Gasteiger partial charge in [-0.25, -0.2) is 0 Å². The molecule has 0 radical (unpaired) electrons. The van der Waals surface area contributed by atoms with Crippen LogP contribution in [0.5, 0.6) is 0 Å². The third kappa shape index (κ3) is 2.43. The minimum absolute atomic E-state index is 0.0823. The molecule has 0 bridgehead atoms. The Morgan fingerprint density at radius 2 is 2.00 bits per heavy atom. The fraction of sp³-hybridized carbons (Fsp3) is 0.143. The first kappa shape index (κ1) is 12.1. The van der Waals surface area contributed by atoms with Gasteiger partial charge >= 0.3 is 0 Å². The molecule has 1 N–H and O–H groups in total. The van der Waals surface area contributed by atoms with Gasteiger partial charge in [0.05, 0.1) is 0 Å². The van der Waals surface area contributed by atoms with Gasteiger partial charge in [-0.1, -0.05) is 30.3 Å². The van der Waals surface area contributed by atoms with Gasteiger partial charge in [0.1, 0.15) is 6.04 Å². The lowest BCUT2D eigenvalue weighted by molar-refractivity contribution is 0.456. The van der Waals surface area contributed by atoms with Crippen molar-refractivity contribution in [1.82, 2.24) is 15.5 Å². The van der Waals surface area contributed by atoms with Crippen molar-refractivity contribution in [2.45, 2.75) is 6.04 Å². The molecule has 2 aromatic heterocycles. The molecule has 5 heteroatoms. The van der Waals surface area contributed by atoms with Gasteiger partial charge in [-0.2, -0.15) is 11.3 Å². The number of nitrogens with zero attached hydrogens (tertiary/aromatic N) is 2. The Kier molecular flexibility index (Phi) is 3.39. The SMILES string of the molecule is CNC(c1ccccc1)c1nnc(-c2ccsc2)o1. The molecule has 4 nitrogen and oxygen atoms in total. The zero-order valence-corrected chi connectivity index (χ0v) is 11.2. The summed E-state index contributed by atoms with van der Waals surface area (Å²) in [6, 6.07) is 11.9. The normalized spacial score (nSPS) is 12.5. The maximum atomic E-state index is 5.76. The average Bonchev–Trinajstić information content (AvgIpc) is 3.11. The molecule has 0 aliphatic carbocycles. The van der Waals surface area contributed by atoms with Crippen LogP contribution in [0, 0.1) is 0 Å². The Morgan fingerprint density at radius 3 is 2.68 bits per heavy atom. The van der Waals surface area contributed by atoms with Crippen molar-refractivity contribution in [3.63, 3.8) is 0 Å². The van der Waals surface area contributed by atoms with Gasteiger partial charge in [0, 0.05) is 10.9 Å². The number of thiophene rings is 1. The maximum Gasteiger partial charge on any atom is 0.248 e. The van der Waals surface area contributed by atoms with E-state index in [9.17, 15) is 0 Å². The molecule has 1 aromatic carbocycles. The summed E-state index contributed by atoms with van der Waals surface area (Å²) in [5.41, 5.74) is 2.07. The molecule has 0 aliphatic heterocycles. The smallest absolute Gasteiger partial charge is 0.248 e. The van der Waals surface area contributed by atoms with Crippen LogP contribution >= 0.6 is 11.3 Å². The van der Waals surface area contributed by atoms with Crippen molar-refractivity contribution in [3.8, 4) is 11.5 Å². The second kappa shape index (κ2) is 5.34. The number of nitrogens with one attached hydrogen (secondary N) is 1. The highest BCUT2D eigenvalue weighted by molar-refractivity contribution is 7.08. The van der Waals surface area contributed by atoms with Crippen LogP contribution in [-0.2, 0) is 0 Å². The molecule has 3 aromatic rings. The highest BCUT2D eigenvalue weighted by Gasteiger charge is 2.19. The predicted molar refractivity (Wildman–Crippen MR) is 75.0 cm³/mol. The second-order valence-corrected chi connectivity index (χ2v) is 4.87. The van der Waals surface area contributed by atoms with Crippen LogP contribution in [0.4, 0.5) is 0 Å². The van der Waals surface area contributed by atoms with Gasteiger partial charge in [-0.3, -0.25) is 0 Å². The molecule has 0 fully saturated rings. The maximum absolute atomic E-state index is 5.76. The van der Waals surface area contributed by atoms with Crippen LogP contribution in [0.15, 0.2) is 51.6 Å². The lowest BCUT2D eigenvalue weighted by Gasteiger charge is -2.11. The monoisotopic (exact) mass is 271 g/mol. The lowest BCUT2D eigenvalue weighted by atomic mass is 10.1. The summed E-state index contributed by atoms with van der Waals surface area (Å²) >= 11 is 1.61. The zero-order chi connectivity index (χ0) is 13.1. The van der Waals surface area contributed by atoms with Crippen LogP contribution in [0.1, 0.15) is 17.5 Å². The van der Waals surface area contributed by atoms with Crippen LogP contribution in [0.25, 0.3) is 11.5 Å². The molecule has 0 aliphatic rings. The Labute approximate surface area is 115 Å². The summed E-state index contributed by atoms with van der Waals surface area (Å²) in [6.45, 7) is 0. The molecule has 3 rings (SSSR count). The lowest BCUT2D eigenvalue weighted by Crippen LogP contribution is -2.17. The summed E-state index contributed by atoms with van der Waals surface area (Å²) in [6.07, 6.45) is 0. The summed E-state index contributed by atoms with van der Waals surface area (Å²) in [4.78, 5) is 0. The minimum atomic E-state index is -0.0823. The van der Waals surface area contributed by atoms with Gasteiger partial charge in [0.25, 0.3) is 0 Å². The minimum Gasteiger partial charge on any atom is -0.419 e. The molecular formula is C14H13N3OS. The van der Waals surface area contributed by atoms with E-state index in [1.54, 1.807) is 11.3 Å². The van der Waals surface area contributed by atoms with Crippen LogP contribution in [-0.4, -0.2) is 17.2 Å². The second-order valence-electron chi connectivity index (χ2n) is 4.09. The Morgan fingerprint density at radius 1 is 1.16 bits per heavy atom. The highest BCUT2D eigenvalue weighted by atomic mass is 32.1. The first-order valence-corrected chi connectivity index (χ1v) is 6.91. The number of hydrogen-bond donors (Lipinski definition) is 1. The van der Waals surface area contributed by atoms with Crippen molar-refractivity contribution in [2.24, 2.45) is 0 Å². The van der Waals surface area contributed by atoms with E-state index in [2.05, 4.69) is 15.5 Å². The standard InChI is InChI=1S/C14H13N3OS/c1-15-12(10-5-3-2-4-6-10)14-17-16-13(18-14)11-7-8-19-9-11/h2-9,12,15H,1H3. The average molecular weight is 271 g/mol. The molecule has 0 amide bonds. The molecule has 1 unspecified atom stereocenters. The fourth-order valence-corrected chi connectivity index (χ4v) is 2.56. The summed E-state index contributed by atoms with van der Waals surface area (Å²) in [5.74, 6) is 1.14. The van der Waals surface area contributed by atoms with E-state index in [-0.39, 0.29) is 6.04 Å². The largest absolute Gasteiger partial charge is 0.419 e. The van der Waals surface area contributed by atoms with E-state index in [0.29, 0.717) is 11.8 Å². The quantitative estimate of drug-likeness (QED) is 0.792. The molecule has 1 atom stereocenters. The first-order valence-electron chi connectivity index (χ1n) is 5.96. The Balaban J connectivity index is 1.93. The number of hydrogen-bond acceptors (Lipinski definition) is 5. The van der Waals surface area contributed by atoms with E-state index >= 15 is 0 Å². The number of aromatic nitrogens is 2. The van der Waals surface area contributed by atoms with Crippen molar-refractivity contribution in [2.75, 3.05) is 7.05 Å². The molecule has 0 spiro atoms. The molecule has 0 saturated heterocycles. The Hall–Kier alpha value is -1.98. The highest BCUT2D eigenvalue weighted by Crippen LogP contribution is 2.25. The fourth-order valence-electron chi connectivity index (χ4n) is 1.93. The van der Waals surface area contributed by atoms with Crippen molar-refractivity contribution >= 4 is 11.3 Å². The van der Waals surface area contributed by atoms with Crippen LogP contribution in [0.2, 0.25) is 0 Å². The molecule has 96 valence electrons. The van der Waals surface area contributed by atoms with Crippen molar-refractivity contribution in [1.29, 1.82) is 0 Å². The van der Waals surface area contributed by atoms with Gasteiger partial charge in [0.2, 0.25) is 11.8 Å². The van der Waals surface area contributed by atoms with E-state index in [0.717, 1.165) is 11.1 Å². The molecule has 19 heavy (non-hydrogen) atoms. The zero-order valence-electron chi connectivity index (χ0n) is 10.4. The summed E-state index contributed by atoms with van der Waals surface area (Å²) < 4.78 is 5.76. The Bertz CT molecular complexity index is 634. The molecular weight excluding hydrogens is 258 g/mol. The topological polar surface area (TPSA) is 51.0 Å². The van der Waals surface area contributed by atoms with Crippen molar-refractivity contribution in [3.05, 3.63) is 58.6 Å². The van der Waals surface area contributed by atoms with Gasteiger partial charge < -0.3 is 9.73 Å². The number of rotatable bonds is 4. The van der Waals surface area contributed by atoms with E-state index < -0.39 is 0 Å². The van der Waals surface area contributed by atoms with Crippen LogP contribution < -0.4 is 5.32 Å². The summed E-state index contributed by atoms with van der Waals surface area (Å²) in [7, 11) is 1.88. The third-order valence-corrected chi connectivity index (χ3v) is 3.56. The predicted octanol–water partition coefficient (Wildman–Crippen LogP) is 3.11. The van der Waals surface area contributed by atoms with Gasteiger partial charge in [-0.05, 0) is 24.1 Å². The summed E-state index contributed by atoms with van der Waals surface area (Å²) in [5, 5.41) is 15.4. The molecule has 0 saturated carbocycles. The van der Waals surface area contributed by atoms with E-state index in [1.807, 2.05) is 54.2 Å². The van der Waals surface area contributed by atoms with Gasteiger partial charge in [-0.15, -0.1) is 10.2 Å². The van der Waals surface area contributed by atoms with E-state index in [1.165, 1.54) is 0 Å². The van der Waals surface area contributed by atoms with E-state index in [4.69, 9.17) is 4.42 Å². The molecule has 2 heterocycles. The van der Waals surface area contributed by atoms with Crippen molar-refractivity contribution < 1.29 is 4.42 Å². The number of benzene rings is 1. The van der Waals surface area contributed by atoms with Crippen LogP contribution in [0.3, 0.4) is 0 Å². The first-order chi connectivity index (χ1) is 9.38. The van der Waals surface area contributed by atoms with Gasteiger partial charge in [0.15, 0.2) is 0 Å². The third-order valence-electron chi connectivity index (χ3n) is 2.88.